The molecule has 2 unspecified atom stereocenters. The number of hydrogen-bond donors (Lipinski definition) is 0. The fourth-order valence-corrected chi connectivity index (χ4v) is 3.52. The molecule has 0 aromatic carbocycles. The number of Topliss-reactive ketones (excluding diaryl/α,β-unsaturated/α-hetero) is 1. The molecule has 136 valence electrons. The minimum absolute atomic E-state index is 0.299. The standard InChI is InChI=1S/C23H14O5/c24-13-15-5-1-7-17(21(15)19-9-3-11-27-19)23(26)18-8-2-6-16(14-25)22(18)20-10-4-12-28-20/h1-12,21-22H. The number of ketones is 1. The molecule has 4 rings (SSSR count). The summed E-state index contributed by atoms with van der Waals surface area (Å²) in [6.45, 7) is 0. The van der Waals surface area contributed by atoms with Crippen LogP contribution in [0, 0.1) is 0 Å². The quantitative estimate of drug-likeness (QED) is 0.765. The maximum Gasteiger partial charge on any atom is 0.187 e. The molecule has 5 nitrogen and oxygen atoms in total. The van der Waals surface area contributed by atoms with E-state index in [1.807, 2.05) is 11.9 Å². The molecule has 0 saturated heterocycles. The number of rotatable bonds is 4. The van der Waals surface area contributed by atoms with E-state index in [1.54, 1.807) is 60.7 Å². The van der Waals surface area contributed by atoms with Crippen molar-refractivity contribution in [3.8, 4) is 0 Å². The Balaban J connectivity index is 1.81. The topological polar surface area (TPSA) is 77.5 Å². The summed E-state index contributed by atoms with van der Waals surface area (Å²) in [5.41, 5.74) is 1.32. The highest BCUT2D eigenvalue weighted by Crippen LogP contribution is 2.41. The number of hydrogen-bond acceptors (Lipinski definition) is 5. The van der Waals surface area contributed by atoms with E-state index in [1.165, 1.54) is 12.5 Å². The van der Waals surface area contributed by atoms with Crippen molar-refractivity contribution in [2.75, 3.05) is 0 Å². The van der Waals surface area contributed by atoms with Gasteiger partial charge in [0, 0.05) is 11.1 Å². The summed E-state index contributed by atoms with van der Waals surface area (Å²) in [5.74, 6) is 3.08. The number of carbonyl (C=O) groups excluding carboxylic acids is 3. The van der Waals surface area contributed by atoms with Crippen molar-refractivity contribution in [1.29, 1.82) is 0 Å². The Bertz CT molecular complexity index is 1030. The number of allylic oxidation sites excluding steroid dienone is 10. The van der Waals surface area contributed by atoms with Gasteiger partial charge in [-0.25, -0.2) is 9.59 Å². The largest absolute Gasteiger partial charge is 0.468 e. The van der Waals surface area contributed by atoms with E-state index in [0.717, 1.165) is 0 Å². The lowest BCUT2D eigenvalue weighted by Gasteiger charge is -2.24. The average Bonchev–Trinajstić information content (AvgIpc) is 3.46. The van der Waals surface area contributed by atoms with Crippen LogP contribution in [-0.2, 0) is 14.4 Å². The fraction of sp³-hybridized carbons (Fsp3) is 0.0870. The zero-order chi connectivity index (χ0) is 19.5. The van der Waals surface area contributed by atoms with E-state index >= 15 is 0 Å². The molecule has 0 bridgehead atoms. The van der Waals surface area contributed by atoms with E-state index in [4.69, 9.17) is 8.83 Å². The Morgan fingerprint density at radius 3 is 1.61 bits per heavy atom. The molecule has 2 atom stereocenters. The smallest absolute Gasteiger partial charge is 0.187 e. The fourth-order valence-electron chi connectivity index (χ4n) is 3.52. The van der Waals surface area contributed by atoms with Crippen LogP contribution in [0.2, 0.25) is 0 Å². The van der Waals surface area contributed by atoms with Crippen LogP contribution in [0.4, 0.5) is 0 Å². The van der Waals surface area contributed by atoms with Gasteiger partial charge in [-0.15, -0.1) is 0 Å². The van der Waals surface area contributed by atoms with Gasteiger partial charge in [-0.1, -0.05) is 24.3 Å². The third-order valence-corrected chi connectivity index (χ3v) is 4.76. The van der Waals surface area contributed by atoms with Gasteiger partial charge in [0.05, 0.1) is 35.5 Å². The van der Waals surface area contributed by atoms with Crippen LogP contribution < -0.4 is 0 Å². The SMILES string of the molecule is O=C=C1C=CC=C(C(=O)C2=CC=CC(=C=O)C2c2ccco2)C1c1ccco1. The van der Waals surface area contributed by atoms with Crippen molar-refractivity contribution in [3.05, 3.63) is 107 Å². The van der Waals surface area contributed by atoms with E-state index in [2.05, 4.69) is 0 Å². The van der Waals surface area contributed by atoms with Gasteiger partial charge in [0.2, 0.25) is 0 Å². The summed E-state index contributed by atoms with van der Waals surface area (Å²) in [7, 11) is 0. The lowest BCUT2D eigenvalue weighted by atomic mass is 9.76. The minimum Gasteiger partial charge on any atom is -0.468 e. The molecule has 0 N–H and O–H groups in total. The van der Waals surface area contributed by atoms with Gasteiger partial charge in [-0.05, 0) is 36.4 Å². The highest BCUT2D eigenvalue weighted by atomic mass is 16.3. The second-order valence-corrected chi connectivity index (χ2v) is 6.30. The first-order valence-electron chi connectivity index (χ1n) is 8.62. The molecule has 0 saturated carbocycles. The molecule has 2 aromatic heterocycles. The van der Waals surface area contributed by atoms with Crippen LogP contribution >= 0.6 is 0 Å². The van der Waals surface area contributed by atoms with Crippen LogP contribution in [0.15, 0.2) is 104 Å². The zero-order valence-corrected chi connectivity index (χ0v) is 14.6. The maximum atomic E-state index is 13.5. The summed E-state index contributed by atoms with van der Waals surface area (Å²) in [4.78, 5) is 36.5. The van der Waals surface area contributed by atoms with Crippen molar-refractivity contribution in [2.45, 2.75) is 11.8 Å². The van der Waals surface area contributed by atoms with E-state index in [9.17, 15) is 14.4 Å². The van der Waals surface area contributed by atoms with Crippen LogP contribution in [-0.4, -0.2) is 17.7 Å². The van der Waals surface area contributed by atoms with Gasteiger partial charge >= 0.3 is 0 Å². The molecule has 2 aliphatic carbocycles. The second-order valence-electron chi connectivity index (χ2n) is 6.30. The number of furan rings is 2. The van der Waals surface area contributed by atoms with E-state index < -0.39 is 11.8 Å². The Morgan fingerprint density at radius 1 is 0.786 bits per heavy atom. The molecule has 2 heterocycles. The van der Waals surface area contributed by atoms with Crippen LogP contribution in [0.3, 0.4) is 0 Å². The molecule has 2 aliphatic rings. The molecule has 0 spiro atoms. The third kappa shape index (κ3) is 2.91. The molecule has 0 radical (unpaired) electrons. The van der Waals surface area contributed by atoms with Crippen LogP contribution in [0.25, 0.3) is 0 Å². The molecule has 0 aliphatic heterocycles. The number of carbonyl (C=O) groups is 1. The first-order valence-corrected chi connectivity index (χ1v) is 8.62. The maximum absolute atomic E-state index is 13.5. The predicted molar refractivity (Wildman–Crippen MR) is 101 cm³/mol. The normalized spacial score (nSPS) is 21.0. The lowest BCUT2D eigenvalue weighted by Crippen LogP contribution is -2.22. The van der Waals surface area contributed by atoms with Gasteiger partial charge in [-0.3, -0.25) is 4.79 Å². The Kier molecular flexibility index (Phi) is 4.61. The summed E-state index contributed by atoms with van der Waals surface area (Å²) in [6, 6.07) is 6.80. The highest BCUT2D eigenvalue weighted by molar-refractivity contribution is 6.12. The monoisotopic (exact) mass is 370 g/mol. The van der Waals surface area contributed by atoms with Gasteiger partial charge < -0.3 is 8.83 Å². The molecule has 2 aromatic rings. The summed E-state index contributed by atoms with van der Waals surface area (Å²) < 4.78 is 10.9. The third-order valence-electron chi connectivity index (χ3n) is 4.76. The van der Waals surface area contributed by atoms with Crippen molar-refractivity contribution >= 4 is 17.7 Å². The molecule has 5 heteroatoms. The molecular weight excluding hydrogens is 356 g/mol. The second kappa shape index (κ2) is 7.37. The zero-order valence-electron chi connectivity index (χ0n) is 14.6. The first kappa shape index (κ1) is 17.5. The van der Waals surface area contributed by atoms with Gasteiger partial charge in [-0.2, -0.15) is 0 Å². The van der Waals surface area contributed by atoms with Crippen LogP contribution in [0.5, 0.6) is 0 Å². The molecule has 28 heavy (non-hydrogen) atoms. The highest BCUT2D eigenvalue weighted by Gasteiger charge is 2.36. The molecule has 0 amide bonds. The van der Waals surface area contributed by atoms with Crippen molar-refractivity contribution in [1.82, 2.24) is 0 Å². The van der Waals surface area contributed by atoms with Gasteiger partial charge in [0.25, 0.3) is 0 Å². The van der Waals surface area contributed by atoms with Gasteiger partial charge in [0.1, 0.15) is 23.4 Å². The van der Waals surface area contributed by atoms with Crippen molar-refractivity contribution in [2.24, 2.45) is 0 Å². The summed E-state index contributed by atoms with van der Waals surface area (Å²) in [6.07, 6.45) is 12.7. The predicted octanol–water partition coefficient (Wildman–Crippen LogP) is 3.82. The van der Waals surface area contributed by atoms with Crippen molar-refractivity contribution in [3.63, 3.8) is 0 Å². The Morgan fingerprint density at radius 2 is 1.25 bits per heavy atom. The molecule has 0 fully saturated rings. The lowest BCUT2D eigenvalue weighted by molar-refractivity contribution is -0.112. The van der Waals surface area contributed by atoms with Crippen molar-refractivity contribution < 1.29 is 23.2 Å². The minimum atomic E-state index is -0.669. The average molecular weight is 370 g/mol. The summed E-state index contributed by atoms with van der Waals surface area (Å²) >= 11 is 0. The van der Waals surface area contributed by atoms with Gasteiger partial charge in [0.15, 0.2) is 5.78 Å². The van der Waals surface area contributed by atoms with Crippen LogP contribution in [0.1, 0.15) is 23.4 Å². The van der Waals surface area contributed by atoms with E-state index in [-0.39, 0.29) is 5.78 Å². The first-order chi connectivity index (χ1) is 13.7. The Labute approximate surface area is 160 Å². The van der Waals surface area contributed by atoms with E-state index in [0.29, 0.717) is 33.8 Å². The summed E-state index contributed by atoms with van der Waals surface area (Å²) in [5, 5.41) is 0. The molecular formula is C23H14O5. The Hall–Kier alpha value is -3.91.